The van der Waals surface area contributed by atoms with E-state index in [-0.39, 0.29) is 0 Å². The molecule has 1 aliphatic carbocycles. The van der Waals surface area contributed by atoms with Crippen LogP contribution in [0.5, 0.6) is 0 Å². The molecule has 0 aromatic carbocycles. The van der Waals surface area contributed by atoms with Crippen LogP contribution in [0.4, 0.5) is 0 Å². The summed E-state index contributed by atoms with van der Waals surface area (Å²) in [4.78, 5) is 4.23. The van der Waals surface area contributed by atoms with Gasteiger partial charge in [-0.05, 0) is 47.0 Å². The molecule has 20 heavy (non-hydrogen) atoms. The van der Waals surface area contributed by atoms with Gasteiger partial charge in [0.05, 0.1) is 17.4 Å². The number of halogens is 1. The summed E-state index contributed by atoms with van der Waals surface area (Å²) in [6.07, 6.45) is 8.62. The summed E-state index contributed by atoms with van der Waals surface area (Å²) in [5, 5.41) is 14.9. The average Bonchev–Trinajstić information content (AvgIpc) is 3.09. The van der Waals surface area contributed by atoms with Crippen molar-refractivity contribution in [2.24, 2.45) is 0 Å². The van der Waals surface area contributed by atoms with Crippen LogP contribution in [0, 0.1) is 0 Å². The van der Waals surface area contributed by atoms with Gasteiger partial charge in [0, 0.05) is 23.3 Å². The van der Waals surface area contributed by atoms with Gasteiger partial charge in [-0.3, -0.25) is 9.67 Å². The number of hydrogen-bond donors (Lipinski definition) is 1. The van der Waals surface area contributed by atoms with Crippen LogP contribution in [0.25, 0.3) is 0 Å². The molecular formula is C15H18BrN3O. The first-order valence-corrected chi connectivity index (χ1v) is 7.86. The van der Waals surface area contributed by atoms with Crippen molar-refractivity contribution in [3.8, 4) is 0 Å². The van der Waals surface area contributed by atoms with Gasteiger partial charge in [-0.2, -0.15) is 5.10 Å². The molecule has 1 atom stereocenters. The van der Waals surface area contributed by atoms with E-state index in [0.29, 0.717) is 18.2 Å². The molecular weight excluding hydrogens is 318 g/mol. The van der Waals surface area contributed by atoms with E-state index in [9.17, 15) is 5.11 Å². The maximum absolute atomic E-state index is 10.3. The Kier molecular flexibility index (Phi) is 4.17. The van der Waals surface area contributed by atoms with Crippen molar-refractivity contribution in [2.75, 3.05) is 0 Å². The number of aliphatic hydroxyl groups excluding tert-OH is 1. The van der Waals surface area contributed by atoms with Crippen LogP contribution in [0.3, 0.4) is 0 Å². The SMILES string of the molecule is OC(Cc1ccn(C2CCCC2)n1)c1ncccc1Br. The molecule has 2 heterocycles. The molecule has 1 fully saturated rings. The lowest BCUT2D eigenvalue weighted by Crippen LogP contribution is -2.08. The smallest absolute Gasteiger partial charge is 0.103 e. The average molecular weight is 336 g/mol. The summed E-state index contributed by atoms with van der Waals surface area (Å²) >= 11 is 3.42. The van der Waals surface area contributed by atoms with Crippen LogP contribution in [0.1, 0.15) is 49.2 Å². The van der Waals surface area contributed by atoms with Gasteiger partial charge in [-0.15, -0.1) is 0 Å². The third kappa shape index (κ3) is 2.94. The molecule has 4 nitrogen and oxygen atoms in total. The molecule has 0 aliphatic heterocycles. The fourth-order valence-corrected chi connectivity index (χ4v) is 3.32. The van der Waals surface area contributed by atoms with E-state index >= 15 is 0 Å². The summed E-state index contributed by atoms with van der Waals surface area (Å²) < 4.78 is 2.89. The van der Waals surface area contributed by atoms with Gasteiger partial charge in [0.1, 0.15) is 6.10 Å². The lowest BCUT2D eigenvalue weighted by molar-refractivity contribution is 0.171. The number of nitrogens with zero attached hydrogens (tertiary/aromatic N) is 3. The molecule has 2 aromatic heterocycles. The van der Waals surface area contributed by atoms with Crippen molar-refractivity contribution >= 4 is 15.9 Å². The van der Waals surface area contributed by atoms with E-state index in [4.69, 9.17) is 0 Å². The van der Waals surface area contributed by atoms with Gasteiger partial charge >= 0.3 is 0 Å². The standard InChI is InChI=1S/C15H18BrN3O/c16-13-6-3-8-17-15(13)14(20)10-11-7-9-19(18-11)12-4-1-2-5-12/h3,6-9,12,14,20H,1-2,4-5,10H2. The monoisotopic (exact) mass is 335 g/mol. The van der Waals surface area contributed by atoms with Crippen molar-refractivity contribution in [3.63, 3.8) is 0 Å². The molecule has 2 aromatic rings. The Morgan fingerprint density at radius 2 is 2.15 bits per heavy atom. The third-order valence-electron chi connectivity index (χ3n) is 3.87. The Bertz CT molecular complexity index is 578. The molecule has 5 heteroatoms. The highest BCUT2D eigenvalue weighted by atomic mass is 79.9. The highest BCUT2D eigenvalue weighted by molar-refractivity contribution is 9.10. The summed E-state index contributed by atoms with van der Waals surface area (Å²) in [6, 6.07) is 6.28. The van der Waals surface area contributed by atoms with E-state index < -0.39 is 6.10 Å². The lowest BCUT2D eigenvalue weighted by atomic mass is 10.1. The van der Waals surface area contributed by atoms with E-state index in [1.165, 1.54) is 25.7 Å². The van der Waals surface area contributed by atoms with Gasteiger partial charge < -0.3 is 5.11 Å². The predicted molar refractivity (Wildman–Crippen MR) is 80.3 cm³/mol. The van der Waals surface area contributed by atoms with Crippen LogP contribution in [0.15, 0.2) is 35.1 Å². The second kappa shape index (κ2) is 6.06. The molecule has 0 radical (unpaired) electrons. The summed E-state index contributed by atoms with van der Waals surface area (Å²) in [5.74, 6) is 0. The molecule has 1 saturated carbocycles. The summed E-state index contributed by atoms with van der Waals surface area (Å²) in [6.45, 7) is 0. The predicted octanol–water partition coefficient (Wildman–Crippen LogP) is 3.43. The molecule has 0 saturated heterocycles. The van der Waals surface area contributed by atoms with Crippen molar-refractivity contribution in [1.82, 2.24) is 14.8 Å². The van der Waals surface area contributed by atoms with Crippen molar-refractivity contribution in [3.05, 3.63) is 46.5 Å². The Balaban J connectivity index is 1.70. The maximum atomic E-state index is 10.3. The minimum Gasteiger partial charge on any atom is -0.386 e. The van der Waals surface area contributed by atoms with Crippen LogP contribution < -0.4 is 0 Å². The van der Waals surface area contributed by atoms with Crippen molar-refractivity contribution in [1.29, 1.82) is 0 Å². The van der Waals surface area contributed by atoms with Gasteiger partial charge in [-0.25, -0.2) is 0 Å². The quantitative estimate of drug-likeness (QED) is 0.931. The highest BCUT2D eigenvalue weighted by Gasteiger charge is 2.19. The van der Waals surface area contributed by atoms with E-state index in [2.05, 4.69) is 30.7 Å². The zero-order valence-electron chi connectivity index (χ0n) is 11.2. The number of aromatic nitrogens is 3. The normalized spacial score (nSPS) is 17.5. The highest BCUT2D eigenvalue weighted by Crippen LogP contribution is 2.29. The first kappa shape index (κ1) is 13.8. The largest absolute Gasteiger partial charge is 0.386 e. The van der Waals surface area contributed by atoms with Crippen LogP contribution in [-0.2, 0) is 6.42 Å². The molecule has 1 unspecified atom stereocenters. The van der Waals surface area contributed by atoms with Crippen molar-refractivity contribution < 1.29 is 5.11 Å². The molecule has 3 rings (SSSR count). The third-order valence-corrected chi connectivity index (χ3v) is 4.54. The molecule has 106 valence electrons. The molecule has 0 spiro atoms. The maximum Gasteiger partial charge on any atom is 0.103 e. The van der Waals surface area contributed by atoms with Gasteiger partial charge in [0.15, 0.2) is 0 Å². The van der Waals surface area contributed by atoms with E-state index in [1.807, 2.05) is 24.4 Å². The molecule has 0 bridgehead atoms. The van der Waals surface area contributed by atoms with Crippen LogP contribution in [-0.4, -0.2) is 19.9 Å². The lowest BCUT2D eigenvalue weighted by Gasteiger charge is -2.11. The minimum absolute atomic E-state index is 0.495. The van der Waals surface area contributed by atoms with Crippen LogP contribution >= 0.6 is 15.9 Å². The summed E-state index contributed by atoms with van der Waals surface area (Å²) in [5.41, 5.74) is 1.59. The fraction of sp³-hybridized carbons (Fsp3) is 0.467. The van der Waals surface area contributed by atoms with Crippen LogP contribution in [0.2, 0.25) is 0 Å². The Hall–Kier alpha value is -1.20. The zero-order valence-corrected chi connectivity index (χ0v) is 12.8. The van der Waals surface area contributed by atoms with Gasteiger partial charge in [0.25, 0.3) is 0 Å². The minimum atomic E-state index is -0.627. The molecule has 0 amide bonds. The second-order valence-corrected chi connectivity index (χ2v) is 6.17. The fourth-order valence-electron chi connectivity index (χ4n) is 2.80. The number of hydrogen-bond acceptors (Lipinski definition) is 3. The van der Waals surface area contributed by atoms with Crippen molar-refractivity contribution in [2.45, 2.75) is 44.2 Å². The number of rotatable bonds is 4. The Morgan fingerprint density at radius 1 is 1.35 bits per heavy atom. The van der Waals surface area contributed by atoms with Gasteiger partial charge in [-0.1, -0.05) is 12.8 Å². The Labute approximate surface area is 127 Å². The second-order valence-electron chi connectivity index (χ2n) is 5.32. The van der Waals surface area contributed by atoms with E-state index in [1.54, 1.807) is 6.20 Å². The topological polar surface area (TPSA) is 50.9 Å². The Morgan fingerprint density at radius 3 is 2.90 bits per heavy atom. The number of aliphatic hydroxyl groups is 1. The molecule has 1 aliphatic rings. The first-order valence-electron chi connectivity index (χ1n) is 7.06. The first-order chi connectivity index (χ1) is 9.74. The summed E-state index contributed by atoms with van der Waals surface area (Å²) in [7, 11) is 0. The molecule has 1 N–H and O–H groups in total. The van der Waals surface area contributed by atoms with E-state index in [0.717, 1.165) is 10.2 Å². The number of pyridine rings is 1. The zero-order chi connectivity index (χ0) is 13.9. The van der Waals surface area contributed by atoms with Gasteiger partial charge in [0.2, 0.25) is 0 Å².